The van der Waals surface area contributed by atoms with Gasteiger partial charge in [-0.2, -0.15) is 5.26 Å². The second-order valence-electron chi connectivity index (χ2n) is 3.90. The minimum absolute atomic E-state index is 0.441. The highest BCUT2D eigenvalue weighted by molar-refractivity contribution is 6.53. The Labute approximate surface area is 117 Å². The summed E-state index contributed by atoms with van der Waals surface area (Å²) < 4.78 is 5.10. The molecule has 0 unspecified atom stereocenters. The molecule has 0 bridgehead atoms. The van der Waals surface area contributed by atoms with Gasteiger partial charge in [-0.05, 0) is 35.4 Å². The Balaban J connectivity index is 2.46. The lowest BCUT2D eigenvalue weighted by molar-refractivity contribution is 0.415. The highest BCUT2D eigenvalue weighted by Gasteiger charge is 2.09. The van der Waals surface area contributed by atoms with Crippen molar-refractivity contribution in [3.63, 3.8) is 0 Å². The summed E-state index contributed by atoms with van der Waals surface area (Å²) in [4.78, 5) is 0. The van der Waals surface area contributed by atoms with Gasteiger partial charge in [0.1, 0.15) is 11.8 Å². The highest BCUT2D eigenvalue weighted by Crippen LogP contribution is 2.30. The van der Waals surface area contributed by atoms with E-state index in [0.717, 1.165) is 16.9 Å². The lowest BCUT2D eigenvalue weighted by Gasteiger charge is -2.05. The maximum Gasteiger partial charge on any atom is 0.118 e. The molecule has 3 heteroatoms. The predicted molar refractivity (Wildman–Crippen MR) is 77.7 cm³/mol. The standard InChI is InChI=1S/C16H12ClNO/c1-19-14-9-7-13(8-10-14)16(17)15(11-18)12-5-3-2-4-6-12/h2-10H,1H3. The van der Waals surface area contributed by atoms with Crippen molar-refractivity contribution >= 4 is 22.2 Å². The number of hydrogen-bond donors (Lipinski definition) is 0. The molecule has 0 aliphatic heterocycles. The minimum Gasteiger partial charge on any atom is -0.497 e. The Morgan fingerprint density at radius 3 is 2.16 bits per heavy atom. The summed E-state index contributed by atoms with van der Waals surface area (Å²) in [5, 5.41) is 9.74. The summed E-state index contributed by atoms with van der Waals surface area (Å²) in [6, 6.07) is 18.9. The monoisotopic (exact) mass is 269 g/mol. The number of ether oxygens (including phenoxy) is 1. The van der Waals surface area contributed by atoms with Gasteiger partial charge in [-0.15, -0.1) is 0 Å². The van der Waals surface area contributed by atoms with Crippen molar-refractivity contribution in [2.75, 3.05) is 7.11 Å². The average Bonchev–Trinajstić information content (AvgIpc) is 2.49. The summed E-state index contributed by atoms with van der Waals surface area (Å²) >= 11 is 6.32. The van der Waals surface area contributed by atoms with Crippen LogP contribution in [0, 0.1) is 11.3 Å². The van der Waals surface area contributed by atoms with Crippen LogP contribution in [-0.4, -0.2) is 7.11 Å². The smallest absolute Gasteiger partial charge is 0.118 e. The van der Waals surface area contributed by atoms with Crippen molar-refractivity contribution in [2.45, 2.75) is 0 Å². The van der Waals surface area contributed by atoms with E-state index in [4.69, 9.17) is 16.3 Å². The maximum atomic E-state index is 9.29. The van der Waals surface area contributed by atoms with E-state index < -0.39 is 0 Å². The first-order valence-corrected chi connectivity index (χ1v) is 6.13. The molecule has 0 aliphatic rings. The zero-order valence-electron chi connectivity index (χ0n) is 10.4. The van der Waals surface area contributed by atoms with Gasteiger partial charge in [0.05, 0.1) is 17.7 Å². The molecule has 0 saturated heterocycles. The van der Waals surface area contributed by atoms with Crippen LogP contribution in [0.25, 0.3) is 10.6 Å². The van der Waals surface area contributed by atoms with E-state index >= 15 is 0 Å². The molecule has 0 amide bonds. The molecule has 0 heterocycles. The molecule has 0 saturated carbocycles. The first-order chi connectivity index (χ1) is 9.26. The summed E-state index contributed by atoms with van der Waals surface area (Å²) in [5.41, 5.74) is 2.07. The minimum atomic E-state index is 0.441. The summed E-state index contributed by atoms with van der Waals surface area (Å²) in [7, 11) is 1.61. The molecule has 19 heavy (non-hydrogen) atoms. The van der Waals surface area contributed by atoms with Gasteiger partial charge in [0.15, 0.2) is 0 Å². The van der Waals surface area contributed by atoms with Crippen molar-refractivity contribution in [3.05, 3.63) is 65.7 Å². The van der Waals surface area contributed by atoms with Gasteiger partial charge in [0.2, 0.25) is 0 Å². The first-order valence-electron chi connectivity index (χ1n) is 5.76. The molecule has 0 aromatic heterocycles. The second kappa shape index (κ2) is 6.08. The van der Waals surface area contributed by atoms with Gasteiger partial charge < -0.3 is 4.74 Å². The number of nitriles is 1. The highest BCUT2D eigenvalue weighted by atomic mass is 35.5. The molecule has 94 valence electrons. The van der Waals surface area contributed by atoms with E-state index in [2.05, 4.69) is 6.07 Å². The summed E-state index contributed by atoms with van der Waals surface area (Å²) in [6.07, 6.45) is 0. The Morgan fingerprint density at radius 1 is 1.00 bits per heavy atom. The van der Waals surface area contributed by atoms with Gasteiger partial charge in [0.25, 0.3) is 0 Å². The number of allylic oxidation sites excluding steroid dienone is 1. The molecule has 2 rings (SSSR count). The number of methoxy groups -OCH3 is 1. The number of benzene rings is 2. The van der Waals surface area contributed by atoms with E-state index in [-0.39, 0.29) is 0 Å². The van der Waals surface area contributed by atoms with Crippen LogP contribution in [0.1, 0.15) is 11.1 Å². The number of hydrogen-bond acceptors (Lipinski definition) is 2. The first kappa shape index (κ1) is 13.2. The SMILES string of the molecule is COc1ccc(C(Cl)=C(C#N)c2ccccc2)cc1. The molecule has 2 aromatic rings. The van der Waals surface area contributed by atoms with Crippen LogP contribution in [0.5, 0.6) is 5.75 Å². The third kappa shape index (κ3) is 2.96. The van der Waals surface area contributed by atoms with E-state index in [9.17, 15) is 5.26 Å². The fourth-order valence-electron chi connectivity index (χ4n) is 1.73. The van der Waals surface area contributed by atoms with Crippen LogP contribution >= 0.6 is 11.6 Å². The van der Waals surface area contributed by atoms with Gasteiger partial charge in [-0.25, -0.2) is 0 Å². The van der Waals surface area contributed by atoms with E-state index in [1.807, 2.05) is 54.6 Å². The molecular formula is C16H12ClNO. The fourth-order valence-corrected chi connectivity index (χ4v) is 2.00. The van der Waals surface area contributed by atoms with Crippen molar-refractivity contribution in [1.82, 2.24) is 0 Å². The number of nitrogens with zero attached hydrogens (tertiary/aromatic N) is 1. The zero-order chi connectivity index (χ0) is 13.7. The van der Waals surface area contributed by atoms with Crippen LogP contribution in [0.2, 0.25) is 0 Å². The van der Waals surface area contributed by atoms with Crippen molar-refractivity contribution < 1.29 is 4.74 Å². The van der Waals surface area contributed by atoms with Crippen LogP contribution in [0.3, 0.4) is 0 Å². The Kier molecular flexibility index (Phi) is 4.22. The molecule has 0 fully saturated rings. The quantitative estimate of drug-likeness (QED) is 0.614. The van der Waals surface area contributed by atoms with Crippen LogP contribution in [0.4, 0.5) is 0 Å². The van der Waals surface area contributed by atoms with E-state index in [1.54, 1.807) is 7.11 Å². The average molecular weight is 270 g/mol. The van der Waals surface area contributed by atoms with Gasteiger partial charge in [-0.1, -0.05) is 41.9 Å². The van der Waals surface area contributed by atoms with Crippen molar-refractivity contribution in [2.24, 2.45) is 0 Å². The lowest BCUT2D eigenvalue weighted by atomic mass is 10.0. The number of rotatable bonds is 3. The molecule has 0 aliphatic carbocycles. The molecule has 0 atom stereocenters. The van der Waals surface area contributed by atoms with Crippen LogP contribution in [0.15, 0.2) is 54.6 Å². The zero-order valence-corrected chi connectivity index (χ0v) is 11.2. The maximum absolute atomic E-state index is 9.29. The largest absolute Gasteiger partial charge is 0.497 e. The molecule has 2 aromatic carbocycles. The van der Waals surface area contributed by atoms with Crippen LogP contribution < -0.4 is 4.74 Å². The third-order valence-corrected chi connectivity index (χ3v) is 3.14. The van der Waals surface area contributed by atoms with Gasteiger partial charge in [0, 0.05) is 0 Å². The molecule has 2 nitrogen and oxygen atoms in total. The van der Waals surface area contributed by atoms with Crippen molar-refractivity contribution in [1.29, 1.82) is 5.26 Å². The molecule has 0 N–H and O–H groups in total. The summed E-state index contributed by atoms with van der Waals surface area (Å²) in [5.74, 6) is 0.756. The molecule has 0 spiro atoms. The van der Waals surface area contributed by atoms with Crippen LogP contribution in [-0.2, 0) is 0 Å². The normalized spacial score (nSPS) is 11.4. The Hall–Kier alpha value is -2.24. The fraction of sp³-hybridized carbons (Fsp3) is 0.0625. The third-order valence-electron chi connectivity index (χ3n) is 2.74. The predicted octanol–water partition coefficient (Wildman–Crippen LogP) is 4.33. The van der Waals surface area contributed by atoms with E-state index in [1.165, 1.54) is 0 Å². The number of halogens is 1. The topological polar surface area (TPSA) is 33.0 Å². The Bertz CT molecular complexity index is 624. The van der Waals surface area contributed by atoms with Crippen molar-refractivity contribution in [3.8, 4) is 11.8 Å². The summed E-state index contributed by atoms with van der Waals surface area (Å²) in [6.45, 7) is 0. The molecular weight excluding hydrogens is 258 g/mol. The molecule has 0 radical (unpaired) electrons. The Morgan fingerprint density at radius 2 is 1.63 bits per heavy atom. The van der Waals surface area contributed by atoms with Gasteiger partial charge in [-0.3, -0.25) is 0 Å². The lowest BCUT2D eigenvalue weighted by Crippen LogP contribution is -1.87. The van der Waals surface area contributed by atoms with E-state index in [0.29, 0.717) is 10.6 Å². The van der Waals surface area contributed by atoms with Gasteiger partial charge >= 0.3 is 0 Å². The second-order valence-corrected chi connectivity index (χ2v) is 4.27.